The van der Waals surface area contributed by atoms with Crippen LogP contribution in [0.4, 0.5) is 5.69 Å². The molecule has 1 aliphatic heterocycles. The summed E-state index contributed by atoms with van der Waals surface area (Å²) in [7, 11) is 0. The van der Waals surface area contributed by atoms with Gasteiger partial charge in [-0.25, -0.2) is 0 Å². The van der Waals surface area contributed by atoms with E-state index in [0.29, 0.717) is 5.92 Å². The number of piperazine rings is 1. The second-order valence-corrected chi connectivity index (χ2v) is 7.10. The van der Waals surface area contributed by atoms with Gasteiger partial charge in [-0.05, 0) is 36.6 Å². The third kappa shape index (κ3) is 4.18. The molecule has 0 aliphatic carbocycles. The van der Waals surface area contributed by atoms with E-state index in [9.17, 15) is 4.79 Å². The van der Waals surface area contributed by atoms with Gasteiger partial charge in [0, 0.05) is 31.9 Å². The van der Waals surface area contributed by atoms with Crippen molar-refractivity contribution in [3.8, 4) is 5.75 Å². The van der Waals surface area contributed by atoms with Crippen LogP contribution in [0.5, 0.6) is 5.75 Å². The smallest absolute Gasteiger partial charge is 0.263 e. The van der Waals surface area contributed by atoms with Gasteiger partial charge in [0.1, 0.15) is 5.75 Å². The first kappa shape index (κ1) is 18.3. The van der Waals surface area contributed by atoms with Crippen molar-refractivity contribution in [2.24, 2.45) is 0 Å². The number of hydrogen-bond donors (Lipinski definition) is 0. The standard InChI is InChI=1S/C22H28N2O2/c1-17(2)20-11-7-8-12-21(20)26-18(3)22(25)24-15-13-23(14-16-24)19-9-5-4-6-10-19/h4-12,17-18H,13-16H2,1-3H3/t18-/m1/s1. The van der Waals surface area contributed by atoms with Gasteiger partial charge < -0.3 is 14.5 Å². The van der Waals surface area contributed by atoms with Gasteiger partial charge in [0.25, 0.3) is 5.91 Å². The number of ether oxygens (including phenoxy) is 1. The van der Waals surface area contributed by atoms with Gasteiger partial charge in [0.2, 0.25) is 0 Å². The fraction of sp³-hybridized carbons (Fsp3) is 0.409. The summed E-state index contributed by atoms with van der Waals surface area (Å²) >= 11 is 0. The summed E-state index contributed by atoms with van der Waals surface area (Å²) in [5.74, 6) is 1.24. The van der Waals surface area contributed by atoms with Crippen molar-refractivity contribution < 1.29 is 9.53 Å². The van der Waals surface area contributed by atoms with Crippen LogP contribution in [-0.4, -0.2) is 43.1 Å². The highest BCUT2D eigenvalue weighted by atomic mass is 16.5. The molecule has 3 rings (SSSR count). The van der Waals surface area contributed by atoms with E-state index >= 15 is 0 Å². The Balaban J connectivity index is 1.58. The molecule has 1 amide bonds. The predicted molar refractivity (Wildman–Crippen MR) is 106 cm³/mol. The van der Waals surface area contributed by atoms with Crippen LogP contribution >= 0.6 is 0 Å². The highest BCUT2D eigenvalue weighted by Crippen LogP contribution is 2.27. The molecule has 4 nitrogen and oxygen atoms in total. The summed E-state index contributed by atoms with van der Waals surface area (Å²) in [4.78, 5) is 17.1. The molecule has 138 valence electrons. The maximum absolute atomic E-state index is 12.8. The van der Waals surface area contributed by atoms with Crippen LogP contribution in [0, 0.1) is 0 Å². The van der Waals surface area contributed by atoms with E-state index in [0.717, 1.165) is 37.5 Å². The topological polar surface area (TPSA) is 32.8 Å². The lowest BCUT2D eigenvalue weighted by Gasteiger charge is -2.37. The number of para-hydroxylation sites is 2. The van der Waals surface area contributed by atoms with Gasteiger partial charge in [0.15, 0.2) is 6.10 Å². The lowest BCUT2D eigenvalue weighted by Crippen LogP contribution is -2.52. The molecule has 0 radical (unpaired) electrons. The molecule has 0 spiro atoms. The molecular formula is C22H28N2O2. The van der Waals surface area contributed by atoms with Gasteiger partial charge in [-0.1, -0.05) is 50.2 Å². The summed E-state index contributed by atoms with van der Waals surface area (Å²) in [6.07, 6.45) is -0.474. The molecule has 1 fully saturated rings. The SMILES string of the molecule is CC(C)c1ccccc1O[C@H](C)C(=O)N1CCN(c2ccccc2)CC1. The zero-order valence-corrected chi connectivity index (χ0v) is 15.9. The summed E-state index contributed by atoms with van der Waals surface area (Å²) in [6.45, 7) is 9.29. The number of rotatable bonds is 5. The highest BCUT2D eigenvalue weighted by Gasteiger charge is 2.26. The van der Waals surface area contributed by atoms with E-state index in [1.807, 2.05) is 36.1 Å². The molecule has 0 unspecified atom stereocenters. The normalized spacial score (nSPS) is 15.8. The van der Waals surface area contributed by atoms with Crippen LogP contribution in [0.25, 0.3) is 0 Å². The number of carbonyl (C=O) groups excluding carboxylic acids is 1. The third-order valence-electron chi connectivity index (χ3n) is 4.91. The minimum Gasteiger partial charge on any atom is -0.481 e. The van der Waals surface area contributed by atoms with Crippen LogP contribution < -0.4 is 9.64 Å². The first-order valence-corrected chi connectivity index (χ1v) is 9.40. The molecule has 26 heavy (non-hydrogen) atoms. The van der Waals surface area contributed by atoms with Gasteiger partial charge in [-0.3, -0.25) is 4.79 Å². The van der Waals surface area contributed by atoms with Gasteiger partial charge >= 0.3 is 0 Å². The van der Waals surface area contributed by atoms with Crippen molar-refractivity contribution in [2.45, 2.75) is 32.8 Å². The number of amides is 1. The van der Waals surface area contributed by atoms with Crippen LogP contribution in [0.2, 0.25) is 0 Å². The molecule has 0 aromatic heterocycles. The molecule has 4 heteroatoms. The zero-order chi connectivity index (χ0) is 18.5. The lowest BCUT2D eigenvalue weighted by atomic mass is 10.0. The largest absolute Gasteiger partial charge is 0.481 e. The van der Waals surface area contributed by atoms with Crippen LogP contribution in [0.15, 0.2) is 54.6 Å². The average Bonchev–Trinajstić information content (AvgIpc) is 2.68. The van der Waals surface area contributed by atoms with Gasteiger partial charge in [-0.2, -0.15) is 0 Å². The number of hydrogen-bond acceptors (Lipinski definition) is 3. The Labute approximate surface area is 156 Å². The van der Waals surface area contributed by atoms with Crippen molar-refractivity contribution in [2.75, 3.05) is 31.1 Å². The second kappa shape index (κ2) is 8.26. The van der Waals surface area contributed by atoms with Crippen molar-refractivity contribution in [1.82, 2.24) is 4.90 Å². The number of anilines is 1. The van der Waals surface area contributed by atoms with Crippen LogP contribution in [-0.2, 0) is 4.79 Å². The van der Waals surface area contributed by atoms with Crippen molar-refractivity contribution >= 4 is 11.6 Å². The quantitative estimate of drug-likeness (QED) is 0.817. The Morgan fingerprint density at radius 3 is 2.15 bits per heavy atom. The van der Waals surface area contributed by atoms with E-state index < -0.39 is 6.10 Å². The maximum Gasteiger partial charge on any atom is 0.263 e. The van der Waals surface area contributed by atoms with Crippen molar-refractivity contribution in [3.63, 3.8) is 0 Å². The Morgan fingerprint density at radius 1 is 0.885 bits per heavy atom. The molecule has 2 aromatic rings. The second-order valence-electron chi connectivity index (χ2n) is 7.10. The highest BCUT2D eigenvalue weighted by molar-refractivity contribution is 5.81. The van der Waals surface area contributed by atoms with E-state index in [-0.39, 0.29) is 5.91 Å². The minimum absolute atomic E-state index is 0.0660. The minimum atomic E-state index is -0.474. The van der Waals surface area contributed by atoms with E-state index in [1.54, 1.807) is 0 Å². The molecular weight excluding hydrogens is 324 g/mol. The summed E-state index contributed by atoms with van der Waals surface area (Å²) < 4.78 is 6.03. The fourth-order valence-electron chi connectivity index (χ4n) is 3.39. The van der Waals surface area contributed by atoms with Crippen molar-refractivity contribution in [3.05, 3.63) is 60.2 Å². The number of carbonyl (C=O) groups is 1. The molecule has 2 aromatic carbocycles. The molecule has 0 bridgehead atoms. The fourth-order valence-corrected chi connectivity index (χ4v) is 3.39. The van der Waals surface area contributed by atoms with E-state index in [4.69, 9.17) is 4.74 Å². The first-order chi connectivity index (χ1) is 12.6. The van der Waals surface area contributed by atoms with Crippen LogP contribution in [0.3, 0.4) is 0 Å². The number of nitrogens with zero attached hydrogens (tertiary/aromatic N) is 2. The first-order valence-electron chi connectivity index (χ1n) is 9.40. The Morgan fingerprint density at radius 2 is 1.50 bits per heavy atom. The Hall–Kier alpha value is -2.49. The van der Waals surface area contributed by atoms with Crippen molar-refractivity contribution in [1.29, 1.82) is 0 Å². The molecule has 0 N–H and O–H groups in total. The number of benzene rings is 2. The van der Waals surface area contributed by atoms with Gasteiger partial charge in [0.05, 0.1) is 0 Å². The van der Waals surface area contributed by atoms with E-state index in [2.05, 4.69) is 49.1 Å². The maximum atomic E-state index is 12.8. The monoisotopic (exact) mass is 352 g/mol. The third-order valence-corrected chi connectivity index (χ3v) is 4.91. The van der Waals surface area contributed by atoms with Crippen LogP contribution in [0.1, 0.15) is 32.3 Å². The Kier molecular flexibility index (Phi) is 5.82. The predicted octanol–water partition coefficient (Wildman–Crippen LogP) is 3.93. The Bertz CT molecular complexity index is 722. The van der Waals surface area contributed by atoms with Gasteiger partial charge in [-0.15, -0.1) is 0 Å². The zero-order valence-electron chi connectivity index (χ0n) is 15.9. The summed E-state index contributed by atoms with van der Waals surface area (Å²) in [6, 6.07) is 18.3. The molecule has 0 saturated carbocycles. The molecule has 1 aliphatic rings. The molecule has 1 saturated heterocycles. The average molecular weight is 352 g/mol. The lowest BCUT2D eigenvalue weighted by molar-refractivity contribution is -0.138. The molecule has 1 atom stereocenters. The summed E-state index contributed by atoms with van der Waals surface area (Å²) in [5.41, 5.74) is 2.36. The van der Waals surface area contributed by atoms with E-state index in [1.165, 1.54) is 5.69 Å². The summed E-state index contributed by atoms with van der Waals surface area (Å²) in [5, 5.41) is 0. The molecule has 1 heterocycles.